The summed E-state index contributed by atoms with van der Waals surface area (Å²) in [6, 6.07) is 0. The van der Waals surface area contributed by atoms with Gasteiger partial charge < -0.3 is 59.2 Å². The predicted octanol–water partition coefficient (Wildman–Crippen LogP) is 0.888. The van der Waals surface area contributed by atoms with Gasteiger partial charge in [-0.3, -0.25) is 38.4 Å². The first kappa shape index (κ1) is 52.6. The van der Waals surface area contributed by atoms with Crippen molar-refractivity contribution in [3.63, 3.8) is 0 Å². The molecule has 0 spiro atoms. The SMILES string of the molecule is CCC(C)(CC(C)(CC(C)(C)C(=O)OCC(O)COC(=O)C(C)C(CC(OC)C(C(=O)O)C(C)C(=O)O)C(=O)O)C(=O)OCC(O)CO)C(=O)OCCN1CCCC1=O. The topological polar surface area (TPSA) is 307 Å². The summed E-state index contributed by atoms with van der Waals surface area (Å²) in [6.45, 7) is 7.86. The molecule has 0 radical (unpaired) electrons. The molecule has 0 aromatic rings. The smallest absolute Gasteiger partial charge is 0.311 e. The number of likely N-dealkylation sites (tertiary alicyclic amines) is 1. The lowest BCUT2D eigenvalue weighted by Gasteiger charge is -2.39. The van der Waals surface area contributed by atoms with Crippen LogP contribution >= 0.6 is 0 Å². The normalized spacial score (nSPS) is 18.8. The van der Waals surface area contributed by atoms with Crippen molar-refractivity contribution < 1.29 is 92.7 Å². The highest BCUT2D eigenvalue weighted by atomic mass is 16.6. The van der Waals surface area contributed by atoms with E-state index in [1.54, 1.807) is 18.7 Å². The average Bonchev–Trinajstić information content (AvgIpc) is 3.58. The van der Waals surface area contributed by atoms with E-state index in [0.29, 0.717) is 19.4 Å². The standard InChI is InChI=1S/C39H63NO19/c1-9-38(6,35(53)56-14-13-40-12-10-11-28(40)44)21-39(7,36(54)59-17-24(42)16-41)20-37(4,5)34(52)58-19-25(43)18-57-33(51)22(2)26(31(47)48)15-27(55-8)29(32(49)50)23(3)30(45)46/h22-27,29,41-43H,9-21H2,1-8H3,(H,45,46)(H,47,48)(H,49,50). The Morgan fingerprint density at radius 1 is 0.746 bits per heavy atom. The summed E-state index contributed by atoms with van der Waals surface area (Å²) in [5, 5.41) is 58.4. The number of methoxy groups -OCH3 is 1. The van der Waals surface area contributed by atoms with Gasteiger partial charge in [-0.05, 0) is 59.8 Å². The molecule has 0 aromatic heterocycles. The number of aliphatic carboxylic acids is 3. The van der Waals surface area contributed by atoms with Crippen molar-refractivity contribution >= 4 is 47.7 Å². The molecule has 1 fully saturated rings. The lowest BCUT2D eigenvalue weighted by atomic mass is 9.65. The Balaban J connectivity index is 3.05. The second-order valence-corrected chi connectivity index (χ2v) is 16.4. The van der Waals surface area contributed by atoms with Crippen LogP contribution in [0.1, 0.15) is 87.0 Å². The number of aliphatic hydroxyl groups is 3. The van der Waals surface area contributed by atoms with E-state index in [9.17, 15) is 69.0 Å². The molecule has 6 N–H and O–H groups in total. The van der Waals surface area contributed by atoms with Crippen molar-refractivity contribution in [2.45, 2.75) is 105 Å². The molecule has 20 heteroatoms. The number of hydrogen-bond donors (Lipinski definition) is 6. The van der Waals surface area contributed by atoms with Gasteiger partial charge in [0.2, 0.25) is 5.91 Å². The van der Waals surface area contributed by atoms with Crippen LogP contribution in [0.5, 0.6) is 0 Å². The molecule has 9 atom stereocenters. The fourth-order valence-electron chi connectivity index (χ4n) is 7.12. The summed E-state index contributed by atoms with van der Waals surface area (Å²) in [7, 11) is 1.08. The fourth-order valence-corrected chi connectivity index (χ4v) is 7.12. The zero-order valence-electron chi connectivity index (χ0n) is 35.2. The molecule has 1 aliphatic rings. The van der Waals surface area contributed by atoms with E-state index in [0.717, 1.165) is 14.0 Å². The summed E-state index contributed by atoms with van der Waals surface area (Å²) < 4.78 is 26.4. The molecule has 0 aromatic carbocycles. The minimum Gasteiger partial charge on any atom is -0.481 e. The Bertz CT molecular complexity index is 1480. The highest BCUT2D eigenvalue weighted by Crippen LogP contribution is 2.46. The van der Waals surface area contributed by atoms with Crippen LogP contribution in [-0.4, -0.2) is 155 Å². The van der Waals surface area contributed by atoms with Gasteiger partial charge in [-0.2, -0.15) is 0 Å². The third-order valence-corrected chi connectivity index (χ3v) is 10.8. The maximum atomic E-state index is 13.6. The van der Waals surface area contributed by atoms with Crippen LogP contribution in [0.15, 0.2) is 0 Å². The lowest BCUT2D eigenvalue weighted by molar-refractivity contribution is -0.172. The van der Waals surface area contributed by atoms with Gasteiger partial charge in [0.05, 0.1) is 59.2 Å². The summed E-state index contributed by atoms with van der Waals surface area (Å²) in [5.74, 6) is -14.3. The highest BCUT2D eigenvalue weighted by molar-refractivity contribution is 5.84. The van der Waals surface area contributed by atoms with Crippen molar-refractivity contribution in [2.24, 2.45) is 39.9 Å². The van der Waals surface area contributed by atoms with Crippen LogP contribution in [0.25, 0.3) is 0 Å². The van der Waals surface area contributed by atoms with Gasteiger partial charge in [0, 0.05) is 20.1 Å². The van der Waals surface area contributed by atoms with E-state index in [1.165, 1.54) is 27.7 Å². The molecule has 0 aliphatic carbocycles. The number of hydrogen-bond acceptors (Lipinski definition) is 16. The van der Waals surface area contributed by atoms with Gasteiger partial charge in [0.25, 0.3) is 0 Å². The highest BCUT2D eigenvalue weighted by Gasteiger charge is 2.50. The molecular weight excluding hydrogens is 786 g/mol. The van der Waals surface area contributed by atoms with E-state index in [4.69, 9.17) is 23.7 Å². The quantitative estimate of drug-likeness (QED) is 0.0470. The molecule has 59 heavy (non-hydrogen) atoms. The zero-order chi connectivity index (χ0) is 45.5. The van der Waals surface area contributed by atoms with Gasteiger partial charge in [-0.25, -0.2) is 0 Å². The Kier molecular flexibility index (Phi) is 20.9. The van der Waals surface area contributed by atoms with Crippen molar-refractivity contribution in [1.82, 2.24) is 4.90 Å². The number of carboxylic acids is 3. The summed E-state index contributed by atoms with van der Waals surface area (Å²) in [4.78, 5) is 102. The summed E-state index contributed by atoms with van der Waals surface area (Å²) in [5.41, 5.74) is -4.40. The van der Waals surface area contributed by atoms with E-state index >= 15 is 0 Å². The summed E-state index contributed by atoms with van der Waals surface area (Å²) in [6.07, 6.45) is -4.16. The van der Waals surface area contributed by atoms with Gasteiger partial charge in [-0.1, -0.05) is 20.8 Å². The van der Waals surface area contributed by atoms with E-state index in [1.807, 2.05) is 0 Å². The van der Waals surface area contributed by atoms with Crippen molar-refractivity contribution in [3.8, 4) is 0 Å². The molecule has 1 heterocycles. The maximum Gasteiger partial charge on any atom is 0.311 e. The number of carboxylic acid groups (broad SMARTS) is 3. The number of carbonyl (C=O) groups excluding carboxylic acids is 5. The molecule has 1 amide bonds. The Labute approximate surface area is 343 Å². The summed E-state index contributed by atoms with van der Waals surface area (Å²) >= 11 is 0. The van der Waals surface area contributed by atoms with Gasteiger partial charge in [-0.15, -0.1) is 0 Å². The first-order chi connectivity index (χ1) is 27.3. The van der Waals surface area contributed by atoms with Crippen LogP contribution in [0.2, 0.25) is 0 Å². The lowest BCUT2D eigenvalue weighted by Crippen LogP contribution is -2.45. The van der Waals surface area contributed by atoms with Crippen LogP contribution in [0.3, 0.4) is 0 Å². The zero-order valence-corrected chi connectivity index (χ0v) is 35.2. The monoisotopic (exact) mass is 849 g/mol. The van der Waals surface area contributed by atoms with Crippen molar-refractivity contribution in [3.05, 3.63) is 0 Å². The minimum absolute atomic E-state index is 0.0431. The number of ether oxygens (including phenoxy) is 5. The first-order valence-corrected chi connectivity index (χ1v) is 19.4. The third kappa shape index (κ3) is 15.6. The number of esters is 4. The van der Waals surface area contributed by atoms with E-state index < -0.39 is 133 Å². The Hall–Kier alpha value is -4.40. The largest absolute Gasteiger partial charge is 0.481 e. The molecule has 1 aliphatic heterocycles. The molecular formula is C39H63NO19. The van der Waals surface area contributed by atoms with Gasteiger partial charge in [0.1, 0.15) is 38.6 Å². The molecule has 338 valence electrons. The Morgan fingerprint density at radius 2 is 1.31 bits per heavy atom. The van der Waals surface area contributed by atoms with Crippen LogP contribution in [-0.2, 0) is 62.0 Å². The molecule has 0 saturated carbocycles. The molecule has 1 saturated heterocycles. The number of rotatable bonds is 28. The molecule has 1 rings (SSSR count). The molecule has 20 nitrogen and oxygen atoms in total. The van der Waals surface area contributed by atoms with Gasteiger partial charge >= 0.3 is 41.8 Å². The molecule has 0 bridgehead atoms. The number of aliphatic hydroxyl groups excluding tert-OH is 3. The third-order valence-electron chi connectivity index (χ3n) is 10.8. The Morgan fingerprint density at radius 3 is 1.80 bits per heavy atom. The van der Waals surface area contributed by atoms with Crippen molar-refractivity contribution in [2.75, 3.05) is 53.2 Å². The second-order valence-electron chi connectivity index (χ2n) is 16.4. The molecule has 9 unspecified atom stereocenters. The van der Waals surface area contributed by atoms with E-state index in [2.05, 4.69) is 0 Å². The van der Waals surface area contributed by atoms with E-state index in [-0.39, 0.29) is 38.3 Å². The van der Waals surface area contributed by atoms with Crippen LogP contribution in [0, 0.1) is 39.9 Å². The predicted molar refractivity (Wildman–Crippen MR) is 202 cm³/mol. The van der Waals surface area contributed by atoms with Gasteiger partial charge in [0.15, 0.2) is 0 Å². The second kappa shape index (κ2) is 23.4. The van der Waals surface area contributed by atoms with Crippen LogP contribution < -0.4 is 0 Å². The fraction of sp³-hybridized carbons (Fsp3) is 0.795. The number of amides is 1. The maximum absolute atomic E-state index is 13.6. The first-order valence-electron chi connectivity index (χ1n) is 19.4. The number of nitrogens with zero attached hydrogens (tertiary/aromatic N) is 1. The average molecular weight is 850 g/mol. The van der Waals surface area contributed by atoms with Crippen LogP contribution in [0.4, 0.5) is 0 Å². The minimum atomic E-state index is -1.65. The number of carbonyl (C=O) groups is 8. The van der Waals surface area contributed by atoms with Crippen molar-refractivity contribution in [1.29, 1.82) is 0 Å².